The van der Waals surface area contributed by atoms with Crippen molar-refractivity contribution in [2.75, 3.05) is 6.61 Å². The Balaban J connectivity index is 1.32. The second kappa shape index (κ2) is 14.9. The van der Waals surface area contributed by atoms with E-state index in [1.807, 2.05) is 42.5 Å². The van der Waals surface area contributed by atoms with Crippen molar-refractivity contribution < 1.29 is 19.4 Å². The zero-order valence-corrected chi connectivity index (χ0v) is 22.8. The van der Waals surface area contributed by atoms with Crippen LogP contribution < -0.4 is 10.1 Å². The van der Waals surface area contributed by atoms with Gasteiger partial charge in [-0.15, -0.1) is 0 Å². The number of carboxylic acid groups (broad SMARTS) is 1. The number of benzene rings is 2. The lowest BCUT2D eigenvalue weighted by Crippen LogP contribution is -2.46. The van der Waals surface area contributed by atoms with Crippen LogP contribution in [0, 0.1) is 17.8 Å². The smallest absolute Gasteiger partial charge is 0.326 e. The molecule has 0 bridgehead atoms. The van der Waals surface area contributed by atoms with E-state index >= 15 is 0 Å². The number of ether oxygens (including phenoxy) is 1. The average Bonchev–Trinajstić information content (AvgIpc) is 2.96. The van der Waals surface area contributed by atoms with E-state index in [-0.39, 0.29) is 18.2 Å². The fraction of sp³-hybridized carbons (Fsp3) is 0.576. The second-order valence-corrected chi connectivity index (χ2v) is 11.4. The van der Waals surface area contributed by atoms with E-state index in [1.54, 1.807) is 0 Å². The maximum atomic E-state index is 13.5. The Morgan fingerprint density at radius 1 is 0.842 bits per heavy atom. The van der Waals surface area contributed by atoms with Crippen LogP contribution in [-0.2, 0) is 22.4 Å². The molecule has 0 spiro atoms. The SMILES string of the molecule is O=C(O)C(Cc1ccc(OCC2CCCCC2)cc1)NC(=O)[C@@H](CCCc1ccccc1)C1CCCCC1. The van der Waals surface area contributed by atoms with Gasteiger partial charge in [0.25, 0.3) is 0 Å². The second-order valence-electron chi connectivity index (χ2n) is 11.4. The summed E-state index contributed by atoms with van der Waals surface area (Å²) in [5.74, 6) is 0.601. The molecule has 2 aliphatic rings. The molecule has 4 rings (SSSR count). The van der Waals surface area contributed by atoms with Crippen molar-refractivity contribution in [2.24, 2.45) is 17.8 Å². The quantitative estimate of drug-likeness (QED) is 0.299. The molecular weight excluding hydrogens is 474 g/mol. The average molecular weight is 520 g/mol. The van der Waals surface area contributed by atoms with Gasteiger partial charge in [-0.1, -0.05) is 81.0 Å². The van der Waals surface area contributed by atoms with Crippen molar-refractivity contribution in [1.82, 2.24) is 5.32 Å². The van der Waals surface area contributed by atoms with Crippen LogP contribution in [0.1, 0.15) is 88.2 Å². The Morgan fingerprint density at radius 2 is 1.50 bits per heavy atom. The number of aliphatic carboxylic acids is 1. The highest BCUT2D eigenvalue weighted by Gasteiger charge is 2.32. The van der Waals surface area contributed by atoms with Crippen molar-refractivity contribution in [3.05, 3.63) is 65.7 Å². The lowest BCUT2D eigenvalue weighted by molar-refractivity contribution is -0.143. The zero-order valence-electron chi connectivity index (χ0n) is 22.8. The van der Waals surface area contributed by atoms with Crippen LogP contribution in [-0.4, -0.2) is 29.6 Å². The molecule has 2 aromatic carbocycles. The Bertz CT molecular complexity index is 978. The fourth-order valence-electron chi connectivity index (χ4n) is 6.29. The Morgan fingerprint density at radius 3 is 2.16 bits per heavy atom. The minimum Gasteiger partial charge on any atom is -0.493 e. The molecule has 38 heavy (non-hydrogen) atoms. The molecule has 206 valence electrons. The first-order chi connectivity index (χ1) is 18.6. The molecule has 1 unspecified atom stereocenters. The molecule has 0 radical (unpaired) electrons. The lowest BCUT2D eigenvalue weighted by Gasteiger charge is -2.30. The first kappa shape index (κ1) is 28.2. The van der Waals surface area contributed by atoms with Gasteiger partial charge in [0.1, 0.15) is 11.8 Å². The zero-order chi connectivity index (χ0) is 26.6. The van der Waals surface area contributed by atoms with E-state index in [1.165, 1.54) is 44.1 Å². The Hall–Kier alpha value is -2.82. The van der Waals surface area contributed by atoms with Crippen LogP contribution in [0.2, 0.25) is 0 Å². The number of hydrogen-bond acceptors (Lipinski definition) is 3. The first-order valence-corrected chi connectivity index (χ1v) is 14.9. The van der Waals surface area contributed by atoms with Crippen LogP contribution in [0.4, 0.5) is 0 Å². The summed E-state index contributed by atoms with van der Waals surface area (Å²) in [6.07, 6.45) is 15.0. The van der Waals surface area contributed by atoms with Crippen molar-refractivity contribution in [1.29, 1.82) is 0 Å². The molecule has 2 saturated carbocycles. The van der Waals surface area contributed by atoms with Crippen LogP contribution in [0.3, 0.4) is 0 Å². The number of hydrogen-bond donors (Lipinski definition) is 2. The maximum absolute atomic E-state index is 13.5. The molecule has 1 amide bonds. The molecule has 2 aliphatic carbocycles. The Kier molecular flexibility index (Phi) is 11.1. The highest BCUT2D eigenvalue weighted by Crippen LogP contribution is 2.33. The predicted octanol–water partition coefficient (Wildman–Crippen LogP) is 6.98. The number of amides is 1. The molecule has 0 saturated heterocycles. The maximum Gasteiger partial charge on any atom is 0.326 e. The summed E-state index contributed by atoms with van der Waals surface area (Å²) in [6, 6.07) is 17.1. The number of carbonyl (C=O) groups excluding carboxylic acids is 1. The van der Waals surface area contributed by atoms with Crippen LogP contribution in [0.15, 0.2) is 54.6 Å². The molecule has 5 heteroatoms. The van der Waals surface area contributed by atoms with Crippen molar-refractivity contribution in [2.45, 2.75) is 95.9 Å². The number of carboxylic acids is 1. The number of aryl methyl sites for hydroxylation is 1. The van der Waals surface area contributed by atoms with E-state index in [2.05, 4.69) is 17.4 Å². The van der Waals surface area contributed by atoms with Gasteiger partial charge in [0.05, 0.1) is 6.61 Å². The van der Waals surface area contributed by atoms with Crippen molar-refractivity contribution in [3.8, 4) is 5.75 Å². The lowest BCUT2D eigenvalue weighted by atomic mass is 9.77. The molecule has 2 fully saturated rings. The molecule has 2 aromatic rings. The van der Waals surface area contributed by atoms with Gasteiger partial charge in [-0.3, -0.25) is 4.79 Å². The summed E-state index contributed by atoms with van der Waals surface area (Å²) in [7, 11) is 0. The summed E-state index contributed by atoms with van der Waals surface area (Å²) >= 11 is 0. The van der Waals surface area contributed by atoms with Gasteiger partial charge in [-0.25, -0.2) is 4.79 Å². The minimum absolute atomic E-state index is 0.0928. The third-order valence-electron chi connectivity index (χ3n) is 8.57. The van der Waals surface area contributed by atoms with Gasteiger partial charge in [0.2, 0.25) is 5.91 Å². The van der Waals surface area contributed by atoms with E-state index in [0.29, 0.717) is 11.8 Å². The summed E-state index contributed by atoms with van der Waals surface area (Å²) in [6.45, 7) is 0.750. The van der Waals surface area contributed by atoms with Crippen molar-refractivity contribution >= 4 is 11.9 Å². The third-order valence-corrected chi connectivity index (χ3v) is 8.57. The van der Waals surface area contributed by atoms with Gasteiger partial charge in [0, 0.05) is 12.3 Å². The van der Waals surface area contributed by atoms with Gasteiger partial charge in [0.15, 0.2) is 0 Å². The van der Waals surface area contributed by atoms with Crippen LogP contribution >= 0.6 is 0 Å². The van der Waals surface area contributed by atoms with E-state index < -0.39 is 12.0 Å². The number of carbonyl (C=O) groups is 2. The standard InChI is InChI=1S/C33H45NO4/c35-32(30(28-16-8-3-9-17-28)18-10-15-25-11-4-1-5-12-25)34-31(33(36)37)23-26-19-21-29(22-20-26)38-24-27-13-6-2-7-14-27/h1,4-5,11-12,19-22,27-28,30-31H,2-3,6-10,13-18,23-24H2,(H,34,35)(H,36,37)/t30-,31?/m0/s1. The monoisotopic (exact) mass is 519 g/mol. The largest absolute Gasteiger partial charge is 0.493 e. The molecule has 0 aliphatic heterocycles. The van der Waals surface area contributed by atoms with E-state index in [0.717, 1.165) is 62.9 Å². The van der Waals surface area contributed by atoms with Gasteiger partial charge < -0.3 is 15.2 Å². The van der Waals surface area contributed by atoms with Gasteiger partial charge >= 0.3 is 5.97 Å². The van der Waals surface area contributed by atoms with Crippen LogP contribution in [0.25, 0.3) is 0 Å². The summed E-state index contributed by atoms with van der Waals surface area (Å²) in [5, 5.41) is 12.9. The fourth-order valence-corrected chi connectivity index (χ4v) is 6.29. The molecule has 2 N–H and O–H groups in total. The third kappa shape index (κ3) is 8.89. The van der Waals surface area contributed by atoms with E-state index in [4.69, 9.17) is 4.74 Å². The topological polar surface area (TPSA) is 75.6 Å². The van der Waals surface area contributed by atoms with Crippen LogP contribution in [0.5, 0.6) is 5.75 Å². The summed E-state index contributed by atoms with van der Waals surface area (Å²) in [4.78, 5) is 25.6. The van der Waals surface area contributed by atoms with Gasteiger partial charge in [-0.05, 0) is 80.0 Å². The molecule has 2 atom stereocenters. The highest BCUT2D eigenvalue weighted by molar-refractivity contribution is 5.85. The van der Waals surface area contributed by atoms with Gasteiger partial charge in [-0.2, -0.15) is 0 Å². The normalized spacial score (nSPS) is 18.4. The number of nitrogens with one attached hydrogen (secondary N) is 1. The molecular formula is C33H45NO4. The highest BCUT2D eigenvalue weighted by atomic mass is 16.5. The molecule has 5 nitrogen and oxygen atoms in total. The predicted molar refractivity (Wildman–Crippen MR) is 151 cm³/mol. The minimum atomic E-state index is -0.984. The number of rotatable bonds is 13. The first-order valence-electron chi connectivity index (χ1n) is 14.9. The van der Waals surface area contributed by atoms with Crippen molar-refractivity contribution in [3.63, 3.8) is 0 Å². The van der Waals surface area contributed by atoms with E-state index in [9.17, 15) is 14.7 Å². The summed E-state index contributed by atoms with van der Waals surface area (Å²) < 4.78 is 6.00. The Labute approximate surface area is 228 Å². The molecule has 0 heterocycles. The molecule has 0 aromatic heterocycles. The summed E-state index contributed by atoms with van der Waals surface area (Å²) in [5.41, 5.74) is 2.17.